The summed E-state index contributed by atoms with van der Waals surface area (Å²) in [7, 11) is -2.73. The molecule has 5 aromatic rings. The van der Waals surface area contributed by atoms with Crippen LogP contribution in [-0.4, -0.2) is 64.3 Å². The number of hydrogen-bond acceptors (Lipinski definition) is 12. The Hall–Kier alpha value is -5.57. The number of sulfonamides is 1. The molecule has 0 aliphatic carbocycles. The van der Waals surface area contributed by atoms with E-state index in [0.29, 0.717) is 11.7 Å². The summed E-state index contributed by atoms with van der Waals surface area (Å²) in [5.74, 6) is 0.435. The molecule has 3 aromatic heterocycles. The molecular formula is C31H31N7O7S. The molecule has 0 amide bonds. The molecule has 15 heteroatoms. The van der Waals surface area contributed by atoms with E-state index in [4.69, 9.17) is 18.9 Å². The number of carbonyl (C=O) groups is 1. The van der Waals surface area contributed by atoms with Gasteiger partial charge in [-0.25, -0.2) is 37.7 Å². The second-order valence-corrected chi connectivity index (χ2v) is 11.8. The molecule has 5 rings (SSSR count). The molecule has 0 fully saturated rings. The van der Waals surface area contributed by atoms with Crippen LogP contribution in [0.5, 0.6) is 23.1 Å². The third-order valence-electron chi connectivity index (χ3n) is 6.25. The van der Waals surface area contributed by atoms with Gasteiger partial charge in [-0.15, -0.1) is 0 Å². The number of ether oxygens (including phenoxy) is 4. The molecular weight excluding hydrogens is 614 g/mol. The second kappa shape index (κ2) is 14.5. The van der Waals surface area contributed by atoms with Crippen molar-refractivity contribution >= 4 is 21.9 Å². The minimum absolute atomic E-state index is 0.00764. The van der Waals surface area contributed by atoms with E-state index >= 15 is 0 Å². The standard InChI is InChI=1S/C31H31N7O7S/c1-21(2)19-22-9-11-23(12-10-22)46(40,41)37-27-26(45-25-8-5-4-7-24(25)42-3)30(36-29(35-27)28-33-13-6-14-34-28)43-17-18-44-31(39)38-16-15-32-20-38/h4-16,20-21H,17-19H2,1-3H3,(H,35,36,37). The van der Waals surface area contributed by atoms with E-state index < -0.39 is 16.1 Å². The van der Waals surface area contributed by atoms with Crippen molar-refractivity contribution in [1.82, 2.24) is 29.5 Å². The summed E-state index contributed by atoms with van der Waals surface area (Å²) < 4.78 is 53.8. The van der Waals surface area contributed by atoms with Crippen molar-refractivity contribution in [2.24, 2.45) is 5.92 Å². The molecule has 2 aromatic carbocycles. The first-order chi connectivity index (χ1) is 22.2. The molecule has 0 aliphatic rings. The summed E-state index contributed by atoms with van der Waals surface area (Å²) in [6, 6.07) is 14.9. The predicted octanol–water partition coefficient (Wildman–Crippen LogP) is 4.99. The largest absolute Gasteiger partial charge is 0.493 e. The second-order valence-electron chi connectivity index (χ2n) is 10.1. The summed E-state index contributed by atoms with van der Waals surface area (Å²) in [5, 5.41) is 0. The number of nitrogens with one attached hydrogen (secondary N) is 1. The molecule has 46 heavy (non-hydrogen) atoms. The fourth-order valence-electron chi connectivity index (χ4n) is 4.19. The first-order valence-corrected chi connectivity index (χ1v) is 15.6. The van der Waals surface area contributed by atoms with Gasteiger partial charge in [-0.3, -0.25) is 4.72 Å². The zero-order valence-corrected chi connectivity index (χ0v) is 26.0. The summed E-state index contributed by atoms with van der Waals surface area (Å²) in [4.78, 5) is 33.4. The number of anilines is 1. The Kier molecular flexibility index (Phi) is 10.0. The fraction of sp³-hybridized carbons (Fsp3) is 0.226. The van der Waals surface area contributed by atoms with Crippen molar-refractivity contribution < 1.29 is 32.2 Å². The molecule has 0 spiro atoms. The van der Waals surface area contributed by atoms with Crippen LogP contribution >= 0.6 is 0 Å². The summed E-state index contributed by atoms with van der Waals surface area (Å²) >= 11 is 0. The Morgan fingerprint density at radius 3 is 2.33 bits per heavy atom. The highest BCUT2D eigenvalue weighted by atomic mass is 32.2. The van der Waals surface area contributed by atoms with E-state index in [1.807, 2.05) is 0 Å². The Morgan fingerprint density at radius 2 is 1.65 bits per heavy atom. The third-order valence-corrected chi connectivity index (χ3v) is 7.61. The molecule has 1 N–H and O–H groups in total. The Balaban J connectivity index is 1.53. The lowest BCUT2D eigenvalue weighted by molar-refractivity contribution is 0.124. The average molecular weight is 646 g/mol. The van der Waals surface area contributed by atoms with Crippen molar-refractivity contribution in [3.8, 4) is 34.8 Å². The molecule has 0 radical (unpaired) electrons. The first-order valence-electron chi connectivity index (χ1n) is 14.1. The van der Waals surface area contributed by atoms with Crippen molar-refractivity contribution in [2.75, 3.05) is 25.0 Å². The van der Waals surface area contributed by atoms with E-state index in [1.165, 1.54) is 50.4 Å². The normalized spacial score (nSPS) is 11.2. The van der Waals surface area contributed by atoms with Crippen LogP contribution in [0.2, 0.25) is 0 Å². The van der Waals surface area contributed by atoms with Gasteiger partial charge >= 0.3 is 6.09 Å². The molecule has 0 atom stereocenters. The summed E-state index contributed by atoms with van der Waals surface area (Å²) in [5.41, 5.74) is 1.00. The highest BCUT2D eigenvalue weighted by molar-refractivity contribution is 7.92. The summed E-state index contributed by atoms with van der Waals surface area (Å²) in [6.07, 6.45) is 7.29. The number of benzene rings is 2. The quantitative estimate of drug-likeness (QED) is 0.170. The van der Waals surface area contributed by atoms with Crippen LogP contribution in [0.3, 0.4) is 0 Å². The molecule has 238 valence electrons. The third kappa shape index (κ3) is 7.92. The minimum Gasteiger partial charge on any atom is -0.493 e. The van der Waals surface area contributed by atoms with Crippen LogP contribution < -0.4 is 18.9 Å². The van der Waals surface area contributed by atoms with Crippen molar-refractivity contribution in [1.29, 1.82) is 0 Å². The molecule has 0 aliphatic heterocycles. The lowest BCUT2D eigenvalue weighted by Crippen LogP contribution is -2.18. The van der Waals surface area contributed by atoms with E-state index in [-0.39, 0.29) is 53.0 Å². The zero-order chi connectivity index (χ0) is 32.5. The highest BCUT2D eigenvalue weighted by Gasteiger charge is 2.26. The van der Waals surface area contributed by atoms with Crippen molar-refractivity contribution in [3.05, 3.63) is 91.3 Å². The fourth-order valence-corrected chi connectivity index (χ4v) is 5.19. The van der Waals surface area contributed by atoms with E-state index in [2.05, 4.69) is 43.5 Å². The maximum atomic E-state index is 13.7. The van der Waals surface area contributed by atoms with Gasteiger partial charge < -0.3 is 18.9 Å². The van der Waals surface area contributed by atoms with Crippen LogP contribution in [-0.2, 0) is 21.2 Å². The monoisotopic (exact) mass is 645 g/mol. The maximum Gasteiger partial charge on any atom is 0.419 e. The van der Waals surface area contributed by atoms with Gasteiger partial charge in [0.15, 0.2) is 23.1 Å². The number of para-hydroxylation sites is 2. The number of methoxy groups -OCH3 is 1. The zero-order valence-electron chi connectivity index (χ0n) is 25.2. The van der Waals surface area contributed by atoms with Crippen molar-refractivity contribution in [2.45, 2.75) is 25.2 Å². The molecule has 0 bridgehead atoms. The Morgan fingerprint density at radius 1 is 0.913 bits per heavy atom. The number of rotatable bonds is 13. The maximum absolute atomic E-state index is 13.7. The van der Waals surface area contributed by atoms with Gasteiger partial charge in [0, 0.05) is 24.8 Å². The van der Waals surface area contributed by atoms with Gasteiger partial charge in [0.1, 0.15) is 19.5 Å². The molecule has 0 unspecified atom stereocenters. The van der Waals surface area contributed by atoms with Gasteiger partial charge in [0.2, 0.25) is 11.6 Å². The van der Waals surface area contributed by atoms with Gasteiger partial charge in [0.05, 0.1) is 12.0 Å². The summed E-state index contributed by atoms with van der Waals surface area (Å²) in [6.45, 7) is 3.80. The van der Waals surface area contributed by atoms with E-state index in [0.717, 1.165) is 16.6 Å². The van der Waals surface area contributed by atoms with Crippen molar-refractivity contribution in [3.63, 3.8) is 0 Å². The number of hydrogen-bond donors (Lipinski definition) is 1. The number of nitrogens with zero attached hydrogens (tertiary/aromatic N) is 6. The topological polar surface area (TPSA) is 170 Å². The number of carbonyl (C=O) groups excluding carboxylic acids is 1. The molecule has 14 nitrogen and oxygen atoms in total. The molecule has 0 saturated carbocycles. The van der Waals surface area contributed by atoms with E-state index in [9.17, 15) is 13.2 Å². The van der Waals surface area contributed by atoms with Gasteiger partial charge in [-0.1, -0.05) is 38.1 Å². The van der Waals surface area contributed by atoms with Crippen LogP contribution in [0.4, 0.5) is 10.6 Å². The lowest BCUT2D eigenvalue weighted by Gasteiger charge is -2.18. The van der Waals surface area contributed by atoms with E-state index in [1.54, 1.807) is 42.5 Å². The number of imidazole rings is 1. The first kappa shape index (κ1) is 31.8. The average Bonchev–Trinajstić information content (AvgIpc) is 3.60. The van der Waals surface area contributed by atoms with Crippen LogP contribution in [0.1, 0.15) is 19.4 Å². The molecule has 0 saturated heterocycles. The van der Waals surface area contributed by atoms with Gasteiger partial charge in [-0.05, 0) is 48.2 Å². The number of aromatic nitrogens is 6. The van der Waals surface area contributed by atoms with Gasteiger partial charge in [0.25, 0.3) is 15.9 Å². The Labute approximate surface area is 265 Å². The molecule has 3 heterocycles. The smallest absolute Gasteiger partial charge is 0.419 e. The highest BCUT2D eigenvalue weighted by Crippen LogP contribution is 2.41. The van der Waals surface area contributed by atoms with Crippen LogP contribution in [0.15, 0.2) is 90.6 Å². The predicted molar refractivity (Wildman–Crippen MR) is 166 cm³/mol. The van der Waals surface area contributed by atoms with Gasteiger partial charge in [-0.2, -0.15) is 4.98 Å². The van der Waals surface area contributed by atoms with Crippen LogP contribution in [0.25, 0.3) is 11.6 Å². The van der Waals surface area contributed by atoms with Crippen LogP contribution in [0, 0.1) is 5.92 Å². The SMILES string of the molecule is COc1ccccc1Oc1c(NS(=O)(=O)c2ccc(CC(C)C)cc2)nc(-c2ncccn2)nc1OCCOC(=O)n1ccnc1. The minimum atomic E-state index is -4.19. The Bertz CT molecular complexity index is 1870. The lowest BCUT2D eigenvalue weighted by atomic mass is 10.0.